The molecule has 4 heterocycles. The quantitative estimate of drug-likeness (QED) is 0.376. The van der Waals surface area contributed by atoms with Crippen LogP contribution in [0.15, 0.2) is 97.1 Å². The topological polar surface area (TPSA) is 36.9 Å². The molecule has 3 aromatic carbocycles. The van der Waals surface area contributed by atoms with Gasteiger partial charge in [-0.25, -0.2) is 0 Å². The van der Waals surface area contributed by atoms with E-state index < -0.39 is 0 Å². The van der Waals surface area contributed by atoms with Crippen molar-refractivity contribution in [1.29, 1.82) is 0 Å². The normalized spacial score (nSPS) is 22.5. The Morgan fingerprint density at radius 2 is 0.941 bits per heavy atom. The minimum absolute atomic E-state index is 0.151. The van der Waals surface area contributed by atoms with E-state index in [9.17, 15) is 0 Å². The van der Waals surface area contributed by atoms with Crippen LogP contribution in [0, 0.1) is 0 Å². The molecule has 0 aliphatic carbocycles. The third kappa shape index (κ3) is 3.96. The van der Waals surface area contributed by atoms with Crippen molar-refractivity contribution >= 4 is 11.1 Å². The molecule has 2 unspecified atom stereocenters. The molecule has 0 aromatic heterocycles. The maximum Gasteiger partial charge on any atom is 0.125 e. The minimum Gasteiger partial charge on any atom is -0.489 e. The molecule has 2 atom stereocenters. The first-order valence-corrected chi connectivity index (χ1v) is 11.7. The van der Waals surface area contributed by atoms with E-state index in [0.717, 1.165) is 33.8 Å². The van der Waals surface area contributed by atoms with Gasteiger partial charge in [-0.3, -0.25) is 0 Å². The average molecular weight is 451 g/mol. The van der Waals surface area contributed by atoms with Gasteiger partial charge in [0.15, 0.2) is 0 Å². The lowest BCUT2D eigenvalue weighted by molar-refractivity contribution is 0.131. The Hall–Kier alpha value is -3.60. The van der Waals surface area contributed by atoms with Crippen LogP contribution in [0.4, 0.5) is 0 Å². The van der Waals surface area contributed by atoms with E-state index in [-0.39, 0.29) is 12.2 Å². The van der Waals surface area contributed by atoms with Gasteiger partial charge in [-0.05, 0) is 46.6 Å². The van der Waals surface area contributed by atoms with Gasteiger partial charge in [-0.2, -0.15) is 0 Å². The molecular formula is C30H26O4. The second kappa shape index (κ2) is 9.34. The summed E-state index contributed by atoms with van der Waals surface area (Å²) in [6.45, 7) is 2.10. The van der Waals surface area contributed by atoms with E-state index in [4.69, 9.17) is 18.9 Å². The van der Waals surface area contributed by atoms with Gasteiger partial charge in [0, 0.05) is 11.1 Å². The molecule has 4 nitrogen and oxygen atoms in total. The predicted molar refractivity (Wildman–Crippen MR) is 133 cm³/mol. The molecule has 4 aliphatic rings. The van der Waals surface area contributed by atoms with Crippen LogP contribution in [-0.2, 0) is 9.47 Å². The van der Waals surface area contributed by atoms with Gasteiger partial charge in [-0.15, -0.1) is 0 Å². The first kappa shape index (κ1) is 21.0. The highest BCUT2D eigenvalue weighted by Crippen LogP contribution is 2.43. The third-order valence-corrected chi connectivity index (χ3v) is 6.49. The van der Waals surface area contributed by atoms with Crippen LogP contribution < -0.4 is 9.47 Å². The summed E-state index contributed by atoms with van der Waals surface area (Å²) in [6.07, 6.45) is 8.02. The first-order valence-electron chi connectivity index (χ1n) is 11.7. The van der Waals surface area contributed by atoms with Crippen LogP contribution in [0.5, 0.6) is 11.5 Å². The molecule has 0 saturated heterocycles. The Morgan fingerprint density at radius 1 is 0.500 bits per heavy atom. The number of ether oxygens (including phenoxy) is 4. The van der Waals surface area contributed by atoms with E-state index in [2.05, 4.69) is 48.6 Å². The van der Waals surface area contributed by atoms with E-state index in [1.54, 1.807) is 0 Å². The molecule has 4 aliphatic heterocycles. The Kier molecular flexibility index (Phi) is 5.76. The van der Waals surface area contributed by atoms with Crippen molar-refractivity contribution in [3.05, 3.63) is 119 Å². The molecule has 4 heteroatoms. The first-order chi connectivity index (χ1) is 16.9. The fourth-order valence-corrected chi connectivity index (χ4v) is 4.84. The summed E-state index contributed by atoms with van der Waals surface area (Å²) in [7, 11) is 0. The monoisotopic (exact) mass is 450 g/mol. The molecule has 0 saturated carbocycles. The molecule has 0 spiro atoms. The van der Waals surface area contributed by atoms with Gasteiger partial charge in [0.2, 0.25) is 0 Å². The van der Waals surface area contributed by atoms with Crippen LogP contribution in [0.3, 0.4) is 0 Å². The van der Waals surface area contributed by atoms with Gasteiger partial charge in [0.25, 0.3) is 0 Å². The molecule has 3 aromatic rings. The number of fused-ring (bicyclic) bond motifs is 6. The average Bonchev–Trinajstić information content (AvgIpc) is 3.56. The highest BCUT2D eigenvalue weighted by Gasteiger charge is 2.28. The maximum atomic E-state index is 6.14. The van der Waals surface area contributed by atoms with Crippen molar-refractivity contribution in [3.63, 3.8) is 0 Å². The number of hydrogen-bond acceptors (Lipinski definition) is 4. The van der Waals surface area contributed by atoms with Crippen molar-refractivity contribution in [1.82, 2.24) is 0 Å². The minimum atomic E-state index is -0.151. The fourth-order valence-electron chi connectivity index (χ4n) is 4.84. The zero-order valence-electron chi connectivity index (χ0n) is 18.9. The predicted octanol–water partition coefficient (Wildman–Crippen LogP) is 6.32. The molecule has 0 N–H and O–H groups in total. The second-order valence-corrected chi connectivity index (χ2v) is 8.49. The van der Waals surface area contributed by atoms with Gasteiger partial charge >= 0.3 is 0 Å². The number of hydrogen-bond donors (Lipinski definition) is 0. The van der Waals surface area contributed by atoms with E-state index in [1.165, 1.54) is 11.1 Å². The van der Waals surface area contributed by atoms with Gasteiger partial charge in [0.05, 0.1) is 13.2 Å². The number of rotatable bonds is 0. The fraction of sp³-hybridized carbons (Fsp3) is 0.200. The van der Waals surface area contributed by atoms with Crippen molar-refractivity contribution in [3.8, 4) is 11.5 Å². The summed E-state index contributed by atoms with van der Waals surface area (Å²) in [5, 5.41) is 0. The zero-order chi connectivity index (χ0) is 22.7. The van der Waals surface area contributed by atoms with Crippen LogP contribution >= 0.6 is 0 Å². The van der Waals surface area contributed by atoms with Gasteiger partial charge in [0.1, 0.15) is 36.9 Å². The van der Waals surface area contributed by atoms with Crippen molar-refractivity contribution in [2.75, 3.05) is 26.4 Å². The smallest absolute Gasteiger partial charge is 0.125 e. The molecule has 170 valence electrons. The molecule has 0 radical (unpaired) electrons. The van der Waals surface area contributed by atoms with Gasteiger partial charge < -0.3 is 18.9 Å². The number of para-hydroxylation sites is 2. The SMILES string of the molecule is C1=C2c3ccc(cc3)C3=CCOC3c3ccccc3OC/C=C\COc3ccccc3C2OC1. The highest BCUT2D eigenvalue weighted by atomic mass is 16.5. The van der Waals surface area contributed by atoms with Crippen LogP contribution in [0.1, 0.15) is 34.5 Å². The third-order valence-electron chi connectivity index (χ3n) is 6.49. The van der Waals surface area contributed by atoms with Crippen LogP contribution in [0.2, 0.25) is 0 Å². The molecule has 34 heavy (non-hydrogen) atoms. The standard InChI is InChI=1S/C30H26O4/c1-3-9-27-25(7-1)29-23(15-19-33-29)21-11-13-22(14-12-21)24-16-20-34-30(24)26-8-2-4-10-28(26)32-18-6-5-17-31-27/h1-16,29-30H,17-20H2/b6-5-. The molecule has 7 rings (SSSR count). The molecule has 0 fully saturated rings. The highest BCUT2D eigenvalue weighted by molar-refractivity contribution is 5.77. The van der Waals surface area contributed by atoms with E-state index in [0.29, 0.717) is 26.4 Å². The maximum absolute atomic E-state index is 6.14. The zero-order valence-corrected chi connectivity index (χ0v) is 18.9. The van der Waals surface area contributed by atoms with E-state index in [1.807, 2.05) is 48.6 Å². The summed E-state index contributed by atoms with van der Waals surface area (Å²) in [5.74, 6) is 1.68. The summed E-state index contributed by atoms with van der Waals surface area (Å²) in [5.41, 5.74) is 6.74. The van der Waals surface area contributed by atoms with Crippen molar-refractivity contribution in [2.24, 2.45) is 0 Å². The largest absolute Gasteiger partial charge is 0.489 e. The van der Waals surface area contributed by atoms with Crippen LogP contribution in [0.25, 0.3) is 11.1 Å². The summed E-state index contributed by atoms with van der Waals surface area (Å²) >= 11 is 0. The molecule has 2 bridgehead atoms. The van der Waals surface area contributed by atoms with Crippen molar-refractivity contribution in [2.45, 2.75) is 12.2 Å². The Bertz CT molecular complexity index is 1170. The molecular weight excluding hydrogens is 424 g/mol. The Balaban J connectivity index is 1.41. The second-order valence-electron chi connectivity index (χ2n) is 8.49. The van der Waals surface area contributed by atoms with Crippen LogP contribution in [-0.4, -0.2) is 26.4 Å². The lowest BCUT2D eigenvalue weighted by Crippen LogP contribution is -2.07. The summed E-state index contributed by atoms with van der Waals surface area (Å²) in [4.78, 5) is 0. The summed E-state index contributed by atoms with van der Waals surface area (Å²) in [6, 6.07) is 24.9. The lowest BCUT2D eigenvalue weighted by Gasteiger charge is -2.21. The van der Waals surface area contributed by atoms with E-state index >= 15 is 0 Å². The Labute approximate surface area is 199 Å². The Morgan fingerprint density at radius 3 is 1.41 bits per heavy atom. The molecule has 0 amide bonds. The number of benzene rings is 3. The van der Waals surface area contributed by atoms with Crippen molar-refractivity contribution < 1.29 is 18.9 Å². The summed E-state index contributed by atoms with van der Waals surface area (Å²) < 4.78 is 24.5. The lowest BCUT2D eigenvalue weighted by atomic mass is 9.91. The van der Waals surface area contributed by atoms with Gasteiger partial charge in [-0.1, -0.05) is 72.8 Å².